The first-order chi connectivity index (χ1) is 12.8. The van der Waals surface area contributed by atoms with E-state index < -0.39 is 0 Å². The highest BCUT2D eigenvalue weighted by atomic mass is 35.5. The molecule has 0 bridgehead atoms. The van der Waals surface area contributed by atoms with E-state index in [2.05, 4.69) is 25.5 Å². The monoisotopic (exact) mass is 359 g/mol. The van der Waals surface area contributed by atoms with Gasteiger partial charge < -0.3 is 0 Å². The first kappa shape index (κ1) is 16.2. The lowest BCUT2D eigenvalue weighted by Crippen LogP contribution is -2.00. The van der Waals surface area contributed by atoms with Gasteiger partial charge in [-0.1, -0.05) is 48.0 Å². The minimum Gasteiger partial charge on any atom is -0.264 e. The first-order valence-corrected chi connectivity index (χ1v) is 8.39. The van der Waals surface area contributed by atoms with Crippen LogP contribution in [0.2, 0.25) is 5.02 Å². The molecule has 0 saturated carbocycles. The van der Waals surface area contributed by atoms with E-state index in [1.165, 1.54) is 0 Å². The van der Waals surface area contributed by atoms with Crippen LogP contribution in [0.15, 0.2) is 78.2 Å². The van der Waals surface area contributed by atoms with E-state index in [0.717, 1.165) is 27.7 Å². The number of hydrogen-bond acceptors (Lipinski definition) is 5. The van der Waals surface area contributed by atoms with Crippen molar-refractivity contribution in [1.29, 1.82) is 0 Å². The SMILES string of the molecule is Clc1ccc2nc(N/N=C/c3cccnc3)nc(-c3ccccc3)c2c1. The van der Waals surface area contributed by atoms with Gasteiger partial charge in [-0.05, 0) is 24.3 Å². The molecule has 0 aliphatic carbocycles. The Hall–Kier alpha value is -3.31. The van der Waals surface area contributed by atoms with Crippen molar-refractivity contribution in [2.24, 2.45) is 5.10 Å². The number of nitrogens with one attached hydrogen (secondary N) is 1. The Balaban J connectivity index is 1.74. The van der Waals surface area contributed by atoms with E-state index in [1.807, 2.05) is 60.7 Å². The summed E-state index contributed by atoms with van der Waals surface area (Å²) in [6.07, 6.45) is 5.11. The number of pyridine rings is 1. The van der Waals surface area contributed by atoms with E-state index in [-0.39, 0.29) is 0 Å². The third-order valence-electron chi connectivity index (χ3n) is 3.77. The molecule has 126 valence electrons. The van der Waals surface area contributed by atoms with Crippen LogP contribution in [-0.4, -0.2) is 21.2 Å². The van der Waals surface area contributed by atoms with Gasteiger partial charge in [-0.2, -0.15) is 5.10 Å². The van der Waals surface area contributed by atoms with Crippen molar-refractivity contribution in [3.05, 3.63) is 83.6 Å². The molecule has 26 heavy (non-hydrogen) atoms. The van der Waals surface area contributed by atoms with E-state index in [0.29, 0.717) is 11.0 Å². The summed E-state index contributed by atoms with van der Waals surface area (Å²) >= 11 is 6.17. The van der Waals surface area contributed by atoms with Crippen LogP contribution in [0.4, 0.5) is 5.95 Å². The minimum atomic E-state index is 0.416. The second-order valence-corrected chi connectivity index (χ2v) is 6.02. The Morgan fingerprint density at radius 1 is 0.962 bits per heavy atom. The first-order valence-electron chi connectivity index (χ1n) is 8.01. The number of rotatable bonds is 4. The number of benzene rings is 2. The summed E-state index contributed by atoms with van der Waals surface area (Å²) in [6, 6.07) is 19.3. The maximum absolute atomic E-state index is 6.17. The quantitative estimate of drug-likeness (QED) is 0.420. The number of fused-ring (bicyclic) bond motifs is 1. The lowest BCUT2D eigenvalue weighted by atomic mass is 10.1. The second kappa shape index (κ2) is 7.29. The zero-order valence-electron chi connectivity index (χ0n) is 13.7. The Morgan fingerprint density at radius 3 is 2.65 bits per heavy atom. The molecule has 2 aromatic heterocycles. The van der Waals surface area contributed by atoms with Crippen molar-refractivity contribution in [2.45, 2.75) is 0 Å². The van der Waals surface area contributed by atoms with Crippen molar-refractivity contribution < 1.29 is 0 Å². The van der Waals surface area contributed by atoms with Crippen LogP contribution in [0.1, 0.15) is 5.56 Å². The van der Waals surface area contributed by atoms with Crippen LogP contribution in [0, 0.1) is 0 Å². The normalized spacial score (nSPS) is 11.1. The predicted molar refractivity (Wildman–Crippen MR) is 105 cm³/mol. The lowest BCUT2D eigenvalue weighted by molar-refractivity contribution is 1.15. The molecule has 4 rings (SSSR count). The topological polar surface area (TPSA) is 63.1 Å². The Kier molecular flexibility index (Phi) is 4.53. The molecular formula is C20H14ClN5. The van der Waals surface area contributed by atoms with E-state index in [4.69, 9.17) is 11.6 Å². The van der Waals surface area contributed by atoms with Crippen LogP contribution < -0.4 is 5.43 Å². The maximum atomic E-state index is 6.17. The van der Waals surface area contributed by atoms with Crippen molar-refractivity contribution in [1.82, 2.24) is 15.0 Å². The molecule has 6 heteroatoms. The minimum absolute atomic E-state index is 0.416. The van der Waals surface area contributed by atoms with Crippen molar-refractivity contribution in [3.8, 4) is 11.3 Å². The zero-order valence-corrected chi connectivity index (χ0v) is 14.4. The van der Waals surface area contributed by atoms with Crippen LogP contribution >= 0.6 is 11.6 Å². The van der Waals surface area contributed by atoms with Gasteiger partial charge in [-0.3, -0.25) is 4.98 Å². The van der Waals surface area contributed by atoms with Crippen molar-refractivity contribution in [3.63, 3.8) is 0 Å². The standard InChI is InChI=1S/C20H14ClN5/c21-16-8-9-18-17(11-16)19(15-6-2-1-3-7-15)25-20(24-18)26-23-13-14-5-4-10-22-12-14/h1-13H,(H,24,25,26)/b23-13+. The van der Waals surface area contributed by atoms with Gasteiger partial charge >= 0.3 is 0 Å². The number of anilines is 1. The molecule has 0 aliphatic heterocycles. The Morgan fingerprint density at radius 2 is 1.85 bits per heavy atom. The van der Waals surface area contributed by atoms with E-state index in [9.17, 15) is 0 Å². The summed E-state index contributed by atoms with van der Waals surface area (Å²) < 4.78 is 0. The van der Waals surface area contributed by atoms with Crippen LogP contribution in [0.25, 0.3) is 22.2 Å². The van der Waals surface area contributed by atoms with Crippen LogP contribution in [0.5, 0.6) is 0 Å². The Labute approximate surface area is 155 Å². The molecular weight excluding hydrogens is 346 g/mol. The van der Waals surface area contributed by atoms with Crippen LogP contribution in [0.3, 0.4) is 0 Å². The van der Waals surface area contributed by atoms with Gasteiger partial charge in [0.25, 0.3) is 0 Å². The van der Waals surface area contributed by atoms with Gasteiger partial charge in [0.15, 0.2) is 0 Å². The average molecular weight is 360 g/mol. The highest BCUT2D eigenvalue weighted by Crippen LogP contribution is 2.29. The highest BCUT2D eigenvalue weighted by molar-refractivity contribution is 6.31. The highest BCUT2D eigenvalue weighted by Gasteiger charge is 2.10. The van der Waals surface area contributed by atoms with Crippen molar-refractivity contribution >= 4 is 34.7 Å². The fourth-order valence-corrected chi connectivity index (χ4v) is 2.76. The molecule has 0 fully saturated rings. The van der Waals surface area contributed by atoms with Gasteiger partial charge in [0.05, 0.1) is 17.4 Å². The molecule has 0 amide bonds. The molecule has 1 N–H and O–H groups in total. The lowest BCUT2D eigenvalue weighted by Gasteiger charge is -2.09. The van der Waals surface area contributed by atoms with E-state index in [1.54, 1.807) is 18.6 Å². The number of aromatic nitrogens is 3. The molecule has 4 aromatic rings. The average Bonchev–Trinajstić information content (AvgIpc) is 2.69. The molecule has 2 heterocycles. The maximum Gasteiger partial charge on any atom is 0.244 e. The molecule has 0 radical (unpaired) electrons. The smallest absolute Gasteiger partial charge is 0.244 e. The van der Waals surface area contributed by atoms with Crippen LogP contribution in [-0.2, 0) is 0 Å². The number of hydrogen-bond donors (Lipinski definition) is 1. The summed E-state index contributed by atoms with van der Waals surface area (Å²) in [4.78, 5) is 13.2. The number of halogens is 1. The second-order valence-electron chi connectivity index (χ2n) is 5.58. The Bertz CT molecular complexity index is 1070. The van der Waals surface area contributed by atoms with Gasteiger partial charge in [-0.15, -0.1) is 0 Å². The number of nitrogens with zero attached hydrogens (tertiary/aromatic N) is 4. The largest absolute Gasteiger partial charge is 0.264 e. The fraction of sp³-hybridized carbons (Fsp3) is 0. The molecule has 5 nitrogen and oxygen atoms in total. The van der Waals surface area contributed by atoms with E-state index >= 15 is 0 Å². The predicted octanol–water partition coefficient (Wildman–Crippen LogP) is 4.79. The van der Waals surface area contributed by atoms with Gasteiger partial charge in [0.1, 0.15) is 0 Å². The fourth-order valence-electron chi connectivity index (χ4n) is 2.58. The molecule has 0 spiro atoms. The van der Waals surface area contributed by atoms with Crippen molar-refractivity contribution in [2.75, 3.05) is 5.43 Å². The number of hydrazone groups is 1. The van der Waals surface area contributed by atoms with Gasteiger partial charge in [-0.25, -0.2) is 15.4 Å². The summed E-state index contributed by atoms with van der Waals surface area (Å²) in [5.41, 5.74) is 6.37. The zero-order chi connectivity index (χ0) is 17.8. The summed E-state index contributed by atoms with van der Waals surface area (Å²) in [5, 5.41) is 5.75. The summed E-state index contributed by atoms with van der Waals surface area (Å²) in [5.74, 6) is 0.416. The third kappa shape index (κ3) is 3.53. The van der Waals surface area contributed by atoms with Gasteiger partial charge in [0.2, 0.25) is 5.95 Å². The molecule has 0 unspecified atom stereocenters. The molecule has 2 aromatic carbocycles. The molecule has 0 aliphatic rings. The molecule has 0 saturated heterocycles. The summed E-state index contributed by atoms with van der Waals surface area (Å²) in [7, 11) is 0. The summed E-state index contributed by atoms with van der Waals surface area (Å²) in [6.45, 7) is 0. The third-order valence-corrected chi connectivity index (χ3v) is 4.00. The molecule has 0 atom stereocenters. The van der Waals surface area contributed by atoms with Gasteiger partial charge in [0, 0.05) is 33.9 Å².